The first-order valence-electron chi connectivity index (χ1n) is 5.60. The van der Waals surface area contributed by atoms with E-state index in [1.54, 1.807) is 24.3 Å². The van der Waals surface area contributed by atoms with Crippen molar-refractivity contribution in [3.8, 4) is 0 Å². The van der Waals surface area contributed by atoms with Gasteiger partial charge in [-0.2, -0.15) is 0 Å². The van der Waals surface area contributed by atoms with Gasteiger partial charge in [-0.1, -0.05) is 28.8 Å². The monoisotopic (exact) mass is 302 g/mol. The van der Waals surface area contributed by atoms with Gasteiger partial charge in [0.1, 0.15) is 0 Å². The molecular weight excluding hydrogens is 290 g/mol. The van der Waals surface area contributed by atoms with Crippen molar-refractivity contribution >= 4 is 21.4 Å². The highest BCUT2D eigenvalue weighted by Crippen LogP contribution is 2.17. The normalized spacial score (nSPS) is 11.7. The molecule has 3 N–H and O–H groups in total. The Morgan fingerprint density at radius 1 is 1.21 bits per heavy atom. The Morgan fingerprint density at radius 2 is 1.89 bits per heavy atom. The summed E-state index contributed by atoms with van der Waals surface area (Å²) in [5.74, 6) is 0.0839. The number of hydrogen-bond donors (Lipinski definition) is 1. The predicted molar refractivity (Wildman–Crippen MR) is 68.1 cm³/mol. The van der Waals surface area contributed by atoms with E-state index in [1.807, 2.05) is 0 Å². The quantitative estimate of drug-likeness (QED) is 0.866. The standard InChI is InChI=1S/C11H12ClN3O3S/c12-9-3-1-8(2-4-9)7-19(16,17)11-15-14-10(18-11)5-6-13/h1-4H,5-7,13H2/p+1. The molecule has 0 unspecified atom stereocenters. The molecule has 0 atom stereocenters. The molecule has 0 aliphatic carbocycles. The van der Waals surface area contributed by atoms with Crippen LogP contribution in [0.25, 0.3) is 0 Å². The molecule has 0 fully saturated rings. The third-order valence-corrected chi connectivity index (χ3v) is 4.04. The summed E-state index contributed by atoms with van der Waals surface area (Å²) in [5, 5.41) is 7.43. The number of aromatic nitrogens is 2. The van der Waals surface area contributed by atoms with Crippen molar-refractivity contribution in [2.45, 2.75) is 17.4 Å². The van der Waals surface area contributed by atoms with Crippen molar-refractivity contribution in [3.05, 3.63) is 40.7 Å². The maximum absolute atomic E-state index is 12.1. The van der Waals surface area contributed by atoms with Crippen LogP contribution in [0, 0.1) is 0 Å². The van der Waals surface area contributed by atoms with Gasteiger partial charge in [-0.05, 0) is 17.7 Å². The average Bonchev–Trinajstić information content (AvgIpc) is 2.82. The molecule has 102 valence electrons. The number of rotatable bonds is 5. The molecule has 0 aliphatic rings. The minimum atomic E-state index is -3.63. The van der Waals surface area contributed by atoms with E-state index < -0.39 is 9.84 Å². The fraction of sp³-hybridized carbons (Fsp3) is 0.273. The van der Waals surface area contributed by atoms with Gasteiger partial charge in [-0.3, -0.25) is 0 Å². The summed E-state index contributed by atoms with van der Waals surface area (Å²) < 4.78 is 29.2. The fourth-order valence-corrected chi connectivity index (χ4v) is 2.75. The van der Waals surface area contributed by atoms with Crippen LogP contribution in [-0.4, -0.2) is 25.2 Å². The van der Waals surface area contributed by atoms with E-state index in [1.165, 1.54) is 0 Å². The van der Waals surface area contributed by atoms with Gasteiger partial charge >= 0.3 is 5.22 Å². The van der Waals surface area contributed by atoms with E-state index in [0.29, 0.717) is 23.6 Å². The molecule has 8 heteroatoms. The molecule has 0 radical (unpaired) electrons. The Balaban J connectivity index is 2.19. The molecule has 6 nitrogen and oxygen atoms in total. The molecule has 1 aromatic heterocycles. The molecular formula is C11H13ClN3O3S+. The van der Waals surface area contributed by atoms with E-state index in [9.17, 15) is 8.42 Å². The lowest BCUT2D eigenvalue weighted by Crippen LogP contribution is -2.51. The molecule has 0 bridgehead atoms. The molecule has 0 saturated carbocycles. The maximum Gasteiger partial charge on any atom is 0.335 e. The lowest BCUT2D eigenvalue weighted by atomic mass is 10.2. The van der Waals surface area contributed by atoms with Gasteiger partial charge in [0.25, 0.3) is 0 Å². The minimum absolute atomic E-state index is 0.198. The third-order valence-electron chi connectivity index (χ3n) is 2.37. The summed E-state index contributed by atoms with van der Waals surface area (Å²) in [5.41, 5.74) is 4.25. The van der Waals surface area contributed by atoms with Gasteiger partial charge in [0.15, 0.2) is 0 Å². The molecule has 19 heavy (non-hydrogen) atoms. The third kappa shape index (κ3) is 3.52. The van der Waals surface area contributed by atoms with Crippen LogP contribution in [0.3, 0.4) is 0 Å². The van der Waals surface area contributed by atoms with Gasteiger partial charge in [-0.15, -0.1) is 5.10 Å². The first-order valence-corrected chi connectivity index (χ1v) is 7.63. The number of quaternary nitrogens is 1. The Kier molecular flexibility index (Phi) is 4.18. The van der Waals surface area contributed by atoms with Gasteiger partial charge in [-0.25, -0.2) is 8.42 Å². The van der Waals surface area contributed by atoms with E-state index in [0.717, 1.165) is 0 Å². The molecule has 2 rings (SSSR count). The largest absolute Gasteiger partial charge is 0.412 e. The number of benzene rings is 1. The summed E-state index contributed by atoms with van der Waals surface area (Å²) >= 11 is 5.74. The van der Waals surface area contributed by atoms with Gasteiger partial charge in [0.05, 0.1) is 18.7 Å². The number of halogens is 1. The number of hydrogen-bond acceptors (Lipinski definition) is 5. The molecule has 0 aliphatic heterocycles. The van der Waals surface area contributed by atoms with Crippen LogP contribution in [-0.2, 0) is 22.0 Å². The molecule has 1 heterocycles. The maximum atomic E-state index is 12.1. The molecule has 1 aromatic carbocycles. The van der Waals surface area contributed by atoms with Crippen LogP contribution in [0.15, 0.2) is 33.9 Å². The lowest BCUT2D eigenvalue weighted by Gasteiger charge is -2.00. The van der Waals surface area contributed by atoms with Crippen LogP contribution in [0.1, 0.15) is 11.5 Å². The molecule has 2 aromatic rings. The molecule has 0 amide bonds. The highest BCUT2D eigenvalue weighted by atomic mass is 35.5. The Labute approximate surface area is 115 Å². The number of nitrogens with zero attached hydrogens (tertiary/aromatic N) is 2. The Hall–Kier alpha value is -1.44. The van der Waals surface area contributed by atoms with Crippen molar-refractivity contribution in [1.29, 1.82) is 0 Å². The second-order valence-corrected chi connectivity index (χ2v) is 6.25. The zero-order valence-corrected chi connectivity index (χ0v) is 11.6. The van der Waals surface area contributed by atoms with E-state index in [4.69, 9.17) is 16.0 Å². The second-order valence-electron chi connectivity index (χ2n) is 3.95. The molecule has 0 saturated heterocycles. The Morgan fingerprint density at radius 3 is 2.53 bits per heavy atom. The zero-order valence-electron chi connectivity index (χ0n) is 10.0. The Bertz CT molecular complexity index is 652. The van der Waals surface area contributed by atoms with Gasteiger partial charge in [0, 0.05) is 5.02 Å². The first-order chi connectivity index (χ1) is 9.01. The summed E-state index contributed by atoms with van der Waals surface area (Å²) in [7, 11) is -3.63. The van der Waals surface area contributed by atoms with Gasteiger partial charge < -0.3 is 10.2 Å². The lowest BCUT2D eigenvalue weighted by molar-refractivity contribution is -0.367. The zero-order chi connectivity index (χ0) is 13.9. The smallest absolute Gasteiger partial charge is 0.335 e. The SMILES string of the molecule is [NH3+]CCc1nnc(S(=O)(=O)Cc2ccc(Cl)cc2)o1. The highest BCUT2D eigenvalue weighted by molar-refractivity contribution is 7.90. The average molecular weight is 303 g/mol. The van der Waals surface area contributed by atoms with Crippen LogP contribution in [0.5, 0.6) is 0 Å². The molecule has 0 spiro atoms. The van der Waals surface area contributed by atoms with Crippen molar-refractivity contribution in [2.24, 2.45) is 0 Å². The van der Waals surface area contributed by atoms with Crippen LogP contribution >= 0.6 is 11.6 Å². The van der Waals surface area contributed by atoms with Crippen molar-refractivity contribution in [1.82, 2.24) is 10.2 Å². The van der Waals surface area contributed by atoms with E-state index >= 15 is 0 Å². The minimum Gasteiger partial charge on any atom is -0.412 e. The second kappa shape index (κ2) is 5.68. The summed E-state index contributed by atoms with van der Waals surface area (Å²) in [6.45, 7) is 0.568. The highest BCUT2D eigenvalue weighted by Gasteiger charge is 2.22. The predicted octanol–water partition coefficient (Wildman–Crippen LogP) is 0.481. The summed E-state index contributed by atoms with van der Waals surface area (Å²) in [6, 6.07) is 6.56. The fourth-order valence-electron chi connectivity index (χ4n) is 1.48. The van der Waals surface area contributed by atoms with E-state index in [-0.39, 0.29) is 16.9 Å². The van der Waals surface area contributed by atoms with Crippen molar-refractivity contribution < 1.29 is 18.6 Å². The van der Waals surface area contributed by atoms with Gasteiger partial charge in [0.2, 0.25) is 15.7 Å². The topological polar surface area (TPSA) is 101 Å². The summed E-state index contributed by atoms with van der Waals surface area (Å²) in [4.78, 5) is 0. The van der Waals surface area contributed by atoms with Crippen LogP contribution in [0.2, 0.25) is 5.02 Å². The first kappa shape index (κ1) is 14.0. The number of sulfone groups is 1. The van der Waals surface area contributed by atoms with E-state index in [2.05, 4.69) is 15.9 Å². The van der Waals surface area contributed by atoms with Crippen molar-refractivity contribution in [3.63, 3.8) is 0 Å². The van der Waals surface area contributed by atoms with Crippen molar-refractivity contribution in [2.75, 3.05) is 6.54 Å². The summed E-state index contributed by atoms with van der Waals surface area (Å²) in [6.07, 6.45) is 0.462. The van der Waals surface area contributed by atoms with Crippen LogP contribution < -0.4 is 5.73 Å². The van der Waals surface area contributed by atoms with Crippen LogP contribution in [0.4, 0.5) is 0 Å².